The van der Waals surface area contributed by atoms with Gasteiger partial charge in [0.25, 0.3) is 0 Å². The molecular formula is C15H13BrClNO. The van der Waals surface area contributed by atoms with Crippen molar-refractivity contribution < 1.29 is 4.74 Å². The summed E-state index contributed by atoms with van der Waals surface area (Å²) in [7, 11) is 2.09. The smallest absolute Gasteiger partial charge is 0.143 e. The van der Waals surface area contributed by atoms with E-state index in [4.69, 9.17) is 16.3 Å². The molecule has 2 nitrogen and oxygen atoms in total. The van der Waals surface area contributed by atoms with Gasteiger partial charge >= 0.3 is 0 Å². The van der Waals surface area contributed by atoms with E-state index in [9.17, 15) is 0 Å². The fourth-order valence-corrected chi connectivity index (χ4v) is 2.81. The Hall–Kier alpha value is -1.19. The van der Waals surface area contributed by atoms with E-state index in [1.165, 1.54) is 5.56 Å². The number of ether oxygens (including phenoxy) is 1. The minimum Gasteiger partial charge on any atom is -0.489 e. The van der Waals surface area contributed by atoms with E-state index in [0.717, 1.165) is 20.9 Å². The predicted octanol–water partition coefficient (Wildman–Crippen LogP) is 4.67. The van der Waals surface area contributed by atoms with Gasteiger partial charge in [0.15, 0.2) is 0 Å². The molecular weight excluding hydrogens is 326 g/mol. The summed E-state index contributed by atoms with van der Waals surface area (Å²) in [5, 5.41) is 0.757. The molecule has 1 aliphatic heterocycles. The van der Waals surface area contributed by atoms with Gasteiger partial charge in [-0.3, -0.25) is 0 Å². The zero-order chi connectivity index (χ0) is 13.4. The van der Waals surface area contributed by atoms with Crippen molar-refractivity contribution in [2.45, 2.75) is 6.04 Å². The van der Waals surface area contributed by atoms with E-state index in [1.54, 1.807) is 0 Å². The largest absolute Gasteiger partial charge is 0.489 e. The lowest BCUT2D eigenvalue weighted by molar-refractivity contribution is 0.268. The second-order valence-corrected chi connectivity index (χ2v) is 5.95. The van der Waals surface area contributed by atoms with Crippen molar-refractivity contribution in [3.8, 4) is 5.75 Å². The molecule has 0 aromatic heterocycles. The van der Waals surface area contributed by atoms with Crippen molar-refractivity contribution in [2.75, 3.05) is 18.6 Å². The maximum atomic E-state index is 5.94. The molecule has 98 valence electrons. The third-order valence-electron chi connectivity index (χ3n) is 3.42. The number of fused-ring (bicyclic) bond motifs is 1. The molecule has 0 bridgehead atoms. The Balaban J connectivity index is 1.95. The number of likely N-dealkylation sites (N-methyl/N-ethyl adjacent to an activating group) is 1. The summed E-state index contributed by atoms with van der Waals surface area (Å²) in [6.45, 7) is 0.640. The molecule has 19 heavy (non-hydrogen) atoms. The Labute approximate surface area is 126 Å². The zero-order valence-electron chi connectivity index (χ0n) is 10.4. The molecule has 3 rings (SSSR count). The van der Waals surface area contributed by atoms with Crippen LogP contribution in [0.4, 0.5) is 5.69 Å². The number of hydrogen-bond donors (Lipinski definition) is 0. The standard InChI is InChI=1S/C15H13BrClNO/c1-18-13-7-4-11(16)8-15(13)19-9-14(18)10-2-5-12(17)6-3-10/h2-8,14H,9H2,1H3. The Kier molecular flexibility index (Phi) is 3.42. The van der Waals surface area contributed by atoms with E-state index in [0.29, 0.717) is 6.61 Å². The summed E-state index contributed by atoms with van der Waals surface area (Å²) < 4.78 is 6.90. The van der Waals surface area contributed by atoms with Crippen LogP contribution in [-0.4, -0.2) is 13.7 Å². The number of rotatable bonds is 1. The van der Waals surface area contributed by atoms with Crippen LogP contribution in [0.1, 0.15) is 11.6 Å². The quantitative estimate of drug-likeness (QED) is 0.749. The third-order valence-corrected chi connectivity index (χ3v) is 4.17. The van der Waals surface area contributed by atoms with Crippen LogP contribution in [0.25, 0.3) is 0 Å². The number of hydrogen-bond acceptors (Lipinski definition) is 2. The first-order chi connectivity index (χ1) is 9.15. The van der Waals surface area contributed by atoms with Gasteiger partial charge in [-0.2, -0.15) is 0 Å². The first-order valence-corrected chi connectivity index (χ1v) is 7.23. The van der Waals surface area contributed by atoms with Crippen LogP contribution in [0.15, 0.2) is 46.9 Å². The minimum atomic E-state index is 0.214. The maximum Gasteiger partial charge on any atom is 0.143 e. The van der Waals surface area contributed by atoms with Gasteiger partial charge in [-0.15, -0.1) is 0 Å². The molecule has 0 spiro atoms. The van der Waals surface area contributed by atoms with Crippen LogP contribution in [0.2, 0.25) is 5.02 Å². The number of benzene rings is 2. The van der Waals surface area contributed by atoms with Gasteiger partial charge in [0.05, 0.1) is 11.7 Å². The highest BCUT2D eigenvalue weighted by Gasteiger charge is 2.25. The van der Waals surface area contributed by atoms with Gasteiger partial charge in [-0.1, -0.05) is 39.7 Å². The monoisotopic (exact) mass is 337 g/mol. The molecule has 0 N–H and O–H groups in total. The van der Waals surface area contributed by atoms with Crippen LogP contribution in [0, 0.1) is 0 Å². The van der Waals surface area contributed by atoms with Crippen molar-refractivity contribution in [1.82, 2.24) is 0 Å². The Morgan fingerprint density at radius 1 is 1.21 bits per heavy atom. The molecule has 1 unspecified atom stereocenters. The molecule has 1 atom stereocenters. The van der Waals surface area contributed by atoms with E-state index in [2.05, 4.69) is 46.1 Å². The highest BCUT2D eigenvalue weighted by Crippen LogP contribution is 2.39. The molecule has 2 aromatic carbocycles. The Morgan fingerprint density at radius 3 is 2.68 bits per heavy atom. The van der Waals surface area contributed by atoms with Crippen molar-refractivity contribution in [1.29, 1.82) is 0 Å². The predicted molar refractivity (Wildman–Crippen MR) is 82.2 cm³/mol. The second kappa shape index (κ2) is 5.06. The second-order valence-electron chi connectivity index (χ2n) is 4.60. The summed E-state index contributed by atoms with van der Waals surface area (Å²) in [4.78, 5) is 2.24. The maximum absolute atomic E-state index is 5.94. The number of anilines is 1. The summed E-state index contributed by atoms with van der Waals surface area (Å²) in [6, 6.07) is 14.3. The molecule has 0 aliphatic carbocycles. The SMILES string of the molecule is CN1c2ccc(Br)cc2OCC1c1ccc(Cl)cc1. The Morgan fingerprint density at radius 2 is 1.95 bits per heavy atom. The van der Waals surface area contributed by atoms with Gasteiger partial charge in [-0.05, 0) is 35.9 Å². The van der Waals surface area contributed by atoms with Crippen molar-refractivity contribution in [3.05, 3.63) is 57.5 Å². The minimum absolute atomic E-state index is 0.214. The summed E-state index contributed by atoms with van der Waals surface area (Å²) in [6.07, 6.45) is 0. The fourth-order valence-electron chi connectivity index (χ4n) is 2.35. The molecule has 0 amide bonds. The molecule has 0 saturated heterocycles. The Bertz CT molecular complexity index is 600. The zero-order valence-corrected chi connectivity index (χ0v) is 12.8. The van der Waals surface area contributed by atoms with Crippen molar-refractivity contribution in [3.63, 3.8) is 0 Å². The van der Waals surface area contributed by atoms with Crippen LogP contribution in [-0.2, 0) is 0 Å². The summed E-state index contributed by atoms with van der Waals surface area (Å²) in [5.41, 5.74) is 2.31. The average molecular weight is 339 g/mol. The molecule has 1 aliphatic rings. The lowest BCUT2D eigenvalue weighted by Crippen LogP contribution is -2.33. The molecule has 0 saturated carbocycles. The lowest BCUT2D eigenvalue weighted by atomic mass is 10.0. The van der Waals surface area contributed by atoms with Crippen LogP contribution >= 0.6 is 27.5 Å². The van der Waals surface area contributed by atoms with Crippen LogP contribution < -0.4 is 9.64 Å². The van der Waals surface area contributed by atoms with Crippen LogP contribution in [0.3, 0.4) is 0 Å². The van der Waals surface area contributed by atoms with Gasteiger partial charge in [0.2, 0.25) is 0 Å². The van der Waals surface area contributed by atoms with Crippen LogP contribution in [0.5, 0.6) is 5.75 Å². The van der Waals surface area contributed by atoms with E-state index < -0.39 is 0 Å². The average Bonchev–Trinajstić information content (AvgIpc) is 2.40. The summed E-state index contributed by atoms with van der Waals surface area (Å²) >= 11 is 9.40. The summed E-state index contributed by atoms with van der Waals surface area (Å²) in [5.74, 6) is 0.919. The van der Waals surface area contributed by atoms with E-state index in [-0.39, 0.29) is 6.04 Å². The molecule has 0 fully saturated rings. The van der Waals surface area contributed by atoms with E-state index >= 15 is 0 Å². The molecule has 2 aromatic rings. The first kappa shape index (κ1) is 12.8. The van der Waals surface area contributed by atoms with Crippen molar-refractivity contribution in [2.24, 2.45) is 0 Å². The number of halogens is 2. The topological polar surface area (TPSA) is 12.5 Å². The van der Waals surface area contributed by atoms with Crippen molar-refractivity contribution >= 4 is 33.2 Å². The fraction of sp³-hybridized carbons (Fsp3) is 0.200. The lowest BCUT2D eigenvalue weighted by Gasteiger charge is -2.36. The first-order valence-electron chi connectivity index (χ1n) is 6.06. The highest BCUT2D eigenvalue weighted by atomic mass is 79.9. The third kappa shape index (κ3) is 2.45. The molecule has 1 heterocycles. The number of nitrogens with zero attached hydrogens (tertiary/aromatic N) is 1. The van der Waals surface area contributed by atoms with Gasteiger partial charge in [0, 0.05) is 16.5 Å². The molecule has 4 heteroatoms. The normalized spacial score (nSPS) is 17.8. The van der Waals surface area contributed by atoms with Gasteiger partial charge in [-0.25, -0.2) is 0 Å². The highest BCUT2D eigenvalue weighted by molar-refractivity contribution is 9.10. The molecule has 0 radical (unpaired) electrons. The van der Waals surface area contributed by atoms with Gasteiger partial charge < -0.3 is 9.64 Å². The van der Waals surface area contributed by atoms with E-state index in [1.807, 2.05) is 24.3 Å². The van der Waals surface area contributed by atoms with Gasteiger partial charge in [0.1, 0.15) is 12.4 Å².